The number of hydrogen-bond acceptors (Lipinski definition) is 2. The summed E-state index contributed by atoms with van der Waals surface area (Å²) in [5.74, 6) is 0.511. The standard InChI is InChI=1S/C28H48N2O2/c1-4-5-15-23-28(32)30(25(2)3)24-19-14-12-10-8-6-7-9-11-13-16-22-27(31)29-26-20-17-18-21-26/h6,8-9,11-12,14,25-26H,4-5,7,10,13,15-24H2,1-3H3,(H,29,31). The second kappa shape index (κ2) is 18.7. The quantitative estimate of drug-likeness (QED) is 0.196. The van der Waals surface area contributed by atoms with Gasteiger partial charge in [0.05, 0.1) is 0 Å². The maximum absolute atomic E-state index is 12.4. The number of nitrogens with one attached hydrogen (secondary N) is 1. The van der Waals surface area contributed by atoms with Crippen molar-refractivity contribution in [3.05, 3.63) is 36.5 Å². The molecule has 4 heteroatoms. The lowest BCUT2D eigenvalue weighted by molar-refractivity contribution is -0.133. The normalized spacial score (nSPS) is 15.0. The number of hydrogen-bond donors (Lipinski definition) is 1. The molecular formula is C28H48N2O2. The van der Waals surface area contributed by atoms with Crippen LogP contribution in [-0.4, -0.2) is 35.3 Å². The van der Waals surface area contributed by atoms with Gasteiger partial charge in [-0.3, -0.25) is 9.59 Å². The van der Waals surface area contributed by atoms with Gasteiger partial charge in [0.15, 0.2) is 0 Å². The topological polar surface area (TPSA) is 49.4 Å². The van der Waals surface area contributed by atoms with Crippen molar-refractivity contribution in [3.8, 4) is 0 Å². The van der Waals surface area contributed by atoms with Crippen LogP contribution in [0.5, 0.6) is 0 Å². The predicted molar refractivity (Wildman–Crippen MR) is 137 cm³/mol. The van der Waals surface area contributed by atoms with Gasteiger partial charge >= 0.3 is 0 Å². The zero-order valence-corrected chi connectivity index (χ0v) is 21.0. The Labute approximate surface area is 197 Å². The molecule has 1 aliphatic carbocycles. The lowest BCUT2D eigenvalue weighted by Crippen LogP contribution is -2.37. The summed E-state index contributed by atoms with van der Waals surface area (Å²) in [6.07, 6.45) is 27.2. The second-order valence-electron chi connectivity index (χ2n) is 9.25. The Morgan fingerprint density at radius 1 is 0.875 bits per heavy atom. The third-order valence-corrected chi connectivity index (χ3v) is 6.01. The molecular weight excluding hydrogens is 396 g/mol. The number of rotatable bonds is 17. The number of carbonyl (C=O) groups is 2. The van der Waals surface area contributed by atoms with Crippen molar-refractivity contribution in [2.45, 2.75) is 123 Å². The third kappa shape index (κ3) is 14.3. The zero-order chi connectivity index (χ0) is 23.4. The first-order valence-corrected chi connectivity index (χ1v) is 13.1. The van der Waals surface area contributed by atoms with Crippen LogP contribution in [0.1, 0.15) is 111 Å². The van der Waals surface area contributed by atoms with E-state index in [0.29, 0.717) is 24.8 Å². The highest BCUT2D eigenvalue weighted by molar-refractivity contribution is 5.76. The fraction of sp³-hybridized carbons (Fsp3) is 0.714. The van der Waals surface area contributed by atoms with Gasteiger partial charge in [0, 0.05) is 31.5 Å². The van der Waals surface area contributed by atoms with Crippen LogP contribution in [0.2, 0.25) is 0 Å². The first-order valence-electron chi connectivity index (χ1n) is 13.1. The van der Waals surface area contributed by atoms with Crippen LogP contribution in [0, 0.1) is 0 Å². The van der Waals surface area contributed by atoms with Gasteiger partial charge in [0.1, 0.15) is 0 Å². The molecule has 0 unspecified atom stereocenters. The Hall–Kier alpha value is -1.84. The Morgan fingerprint density at radius 2 is 1.50 bits per heavy atom. The summed E-state index contributed by atoms with van der Waals surface area (Å²) in [4.78, 5) is 26.2. The molecule has 0 heterocycles. The fourth-order valence-corrected chi connectivity index (χ4v) is 4.08. The molecule has 32 heavy (non-hydrogen) atoms. The Morgan fingerprint density at radius 3 is 2.12 bits per heavy atom. The Balaban J connectivity index is 2.05. The molecule has 182 valence electrons. The fourth-order valence-electron chi connectivity index (χ4n) is 4.08. The monoisotopic (exact) mass is 444 g/mol. The maximum Gasteiger partial charge on any atom is 0.222 e. The highest BCUT2D eigenvalue weighted by atomic mass is 16.2. The number of nitrogens with zero attached hydrogens (tertiary/aromatic N) is 1. The summed E-state index contributed by atoms with van der Waals surface area (Å²) in [7, 11) is 0. The molecule has 0 aromatic carbocycles. The van der Waals surface area contributed by atoms with Crippen molar-refractivity contribution >= 4 is 11.8 Å². The summed E-state index contributed by atoms with van der Waals surface area (Å²) in [6.45, 7) is 7.18. The van der Waals surface area contributed by atoms with Crippen LogP contribution in [0.15, 0.2) is 36.5 Å². The molecule has 0 bridgehead atoms. The van der Waals surface area contributed by atoms with Gasteiger partial charge in [-0.2, -0.15) is 0 Å². The lowest BCUT2D eigenvalue weighted by Gasteiger charge is -2.26. The van der Waals surface area contributed by atoms with Crippen LogP contribution in [-0.2, 0) is 9.59 Å². The van der Waals surface area contributed by atoms with E-state index < -0.39 is 0 Å². The predicted octanol–water partition coefficient (Wildman–Crippen LogP) is 6.87. The van der Waals surface area contributed by atoms with Crippen LogP contribution in [0.4, 0.5) is 0 Å². The SMILES string of the molecule is CCCCCC(=O)N(CCC=CCC=CCC=CCCCC(=O)NC1CCCC1)C(C)C. The molecule has 1 aliphatic rings. The molecule has 0 aromatic rings. The molecule has 1 fully saturated rings. The van der Waals surface area contributed by atoms with E-state index in [0.717, 1.165) is 70.8 Å². The minimum absolute atomic E-state index is 0.217. The summed E-state index contributed by atoms with van der Waals surface area (Å²) in [6, 6.07) is 0.704. The molecule has 0 saturated heterocycles. The van der Waals surface area contributed by atoms with Crippen LogP contribution in [0.3, 0.4) is 0 Å². The average molecular weight is 445 g/mol. The van der Waals surface area contributed by atoms with Gasteiger partial charge in [-0.05, 0) is 65.2 Å². The smallest absolute Gasteiger partial charge is 0.222 e. The number of allylic oxidation sites excluding steroid dienone is 5. The molecule has 0 spiro atoms. The molecule has 0 aliphatic heterocycles. The first-order chi connectivity index (χ1) is 15.5. The van der Waals surface area contributed by atoms with Gasteiger partial charge in [0.25, 0.3) is 0 Å². The molecule has 0 atom stereocenters. The van der Waals surface area contributed by atoms with Gasteiger partial charge in [-0.15, -0.1) is 0 Å². The van der Waals surface area contributed by atoms with Crippen molar-refractivity contribution in [2.75, 3.05) is 6.54 Å². The van der Waals surface area contributed by atoms with E-state index in [-0.39, 0.29) is 11.9 Å². The van der Waals surface area contributed by atoms with E-state index in [1.54, 1.807) is 0 Å². The van der Waals surface area contributed by atoms with Gasteiger partial charge in [-0.1, -0.05) is 69.1 Å². The second-order valence-corrected chi connectivity index (χ2v) is 9.25. The van der Waals surface area contributed by atoms with Gasteiger partial charge in [-0.25, -0.2) is 0 Å². The minimum atomic E-state index is 0.217. The molecule has 1 saturated carbocycles. The molecule has 2 amide bonds. The molecule has 0 aromatic heterocycles. The Bertz CT molecular complexity index is 586. The number of carbonyl (C=O) groups excluding carboxylic acids is 2. The van der Waals surface area contributed by atoms with E-state index in [9.17, 15) is 9.59 Å². The van der Waals surface area contributed by atoms with Crippen molar-refractivity contribution in [1.82, 2.24) is 10.2 Å². The van der Waals surface area contributed by atoms with E-state index in [2.05, 4.69) is 62.5 Å². The summed E-state index contributed by atoms with van der Waals surface area (Å²) < 4.78 is 0. The highest BCUT2D eigenvalue weighted by Gasteiger charge is 2.16. The average Bonchev–Trinajstić information content (AvgIpc) is 3.26. The van der Waals surface area contributed by atoms with Gasteiger partial charge < -0.3 is 10.2 Å². The first kappa shape index (κ1) is 28.2. The highest BCUT2D eigenvalue weighted by Crippen LogP contribution is 2.17. The molecule has 0 radical (unpaired) electrons. The van der Waals surface area contributed by atoms with Gasteiger partial charge in [0.2, 0.25) is 11.8 Å². The summed E-state index contributed by atoms with van der Waals surface area (Å²) in [5, 5.41) is 3.15. The van der Waals surface area contributed by atoms with Crippen molar-refractivity contribution in [2.24, 2.45) is 0 Å². The number of amides is 2. The lowest BCUT2D eigenvalue weighted by atomic mass is 10.1. The van der Waals surface area contributed by atoms with Crippen LogP contribution < -0.4 is 5.32 Å². The van der Waals surface area contributed by atoms with Crippen LogP contribution in [0.25, 0.3) is 0 Å². The van der Waals surface area contributed by atoms with Crippen LogP contribution >= 0.6 is 0 Å². The minimum Gasteiger partial charge on any atom is -0.353 e. The van der Waals surface area contributed by atoms with E-state index in [1.807, 2.05) is 4.90 Å². The van der Waals surface area contributed by atoms with E-state index in [1.165, 1.54) is 12.8 Å². The summed E-state index contributed by atoms with van der Waals surface area (Å²) in [5.41, 5.74) is 0. The zero-order valence-electron chi connectivity index (χ0n) is 21.0. The Kier molecular flexibility index (Phi) is 16.5. The van der Waals surface area contributed by atoms with Crippen molar-refractivity contribution in [3.63, 3.8) is 0 Å². The van der Waals surface area contributed by atoms with E-state index >= 15 is 0 Å². The number of unbranched alkanes of at least 4 members (excludes halogenated alkanes) is 3. The largest absolute Gasteiger partial charge is 0.353 e. The maximum atomic E-state index is 12.4. The molecule has 4 nitrogen and oxygen atoms in total. The van der Waals surface area contributed by atoms with Crippen molar-refractivity contribution in [1.29, 1.82) is 0 Å². The molecule has 1 N–H and O–H groups in total. The van der Waals surface area contributed by atoms with Crippen molar-refractivity contribution < 1.29 is 9.59 Å². The molecule has 1 rings (SSSR count). The third-order valence-electron chi connectivity index (χ3n) is 6.01. The van der Waals surface area contributed by atoms with E-state index in [4.69, 9.17) is 0 Å². The summed E-state index contributed by atoms with van der Waals surface area (Å²) >= 11 is 0.